The second-order valence-electron chi connectivity index (χ2n) is 4.91. The molecule has 0 heterocycles. The van der Waals surface area contributed by atoms with Crippen molar-refractivity contribution in [2.75, 3.05) is 18.1 Å². The number of nitrogens with two attached hydrogens (primary N) is 1. The van der Waals surface area contributed by atoms with Crippen LogP contribution in [0.5, 0.6) is 0 Å². The van der Waals surface area contributed by atoms with Crippen LogP contribution < -0.4 is 16.4 Å². The number of hydrogen-bond donors (Lipinski definition) is 3. The van der Waals surface area contributed by atoms with Gasteiger partial charge in [0.1, 0.15) is 0 Å². The molecule has 0 aliphatic rings. The first-order valence-electron chi connectivity index (χ1n) is 7.05. The first kappa shape index (κ1) is 15.6. The maximum absolute atomic E-state index is 12.0. The highest BCUT2D eigenvalue weighted by Gasteiger charge is 2.07. The normalized spacial score (nSPS) is 10.0. The van der Waals surface area contributed by atoms with Crippen molar-refractivity contribution in [1.82, 2.24) is 5.32 Å². The van der Waals surface area contributed by atoms with Crippen molar-refractivity contribution in [3.05, 3.63) is 59.7 Å². The van der Waals surface area contributed by atoms with Gasteiger partial charge in [-0.2, -0.15) is 0 Å². The number of benzene rings is 2. The molecule has 0 unspecified atom stereocenters. The van der Waals surface area contributed by atoms with Crippen molar-refractivity contribution in [3.8, 4) is 0 Å². The number of carbonyl (C=O) groups excluding carboxylic acids is 2. The van der Waals surface area contributed by atoms with E-state index in [0.29, 0.717) is 29.8 Å². The predicted molar refractivity (Wildman–Crippen MR) is 87.6 cm³/mol. The summed E-state index contributed by atoms with van der Waals surface area (Å²) in [5, 5.41) is 5.34. The Morgan fingerprint density at radius 3 is 2.59 bits per heavy atom. The molecule has 5 heteroatoms. The summed E-state index contributed by atoms with van der Waals surface area (Å²) in [5.41, 5.74) is 8.61. The third-order valence-corrected chi connectivity index (χ3v) is 3.31. The zero-order chi connectivity index (χ0) is 15.9. The number of anilines is 2. The Kier molecular flexibility index (Phi) is 5.14. The van der Waals surface area contributed by atoms with Gasteiger partial charge in [0.2, 0.25) is 5.91 Å². The first-order chi connectivity index (χ1) is 10.6. The summed E-state index contributed by atoms with van der Waals surface area (Å²) in [4.78, 5) is 23.6. The number of amides is 2. The van der Waals surface area contributed by atoms with Gasteiger partial charge >= 0.3 is 0 Å². The summed E-state index contributed by atoms with van der Waals surface area (Å²) >= 11 is 0. The van der Waals surface area contributed by atoms with Crippen LogP contribution in [0.2, 0.25) is 0 Å². The lowest BCUT2D eigenvalue weighted by molar-refractivity contribution is -0.116. The number of carbonyl (C=O) groups is 2. The molecule has 0 bridgehead atoms. The van der Waals surface area contributed by atoms with Crippen LogP contribution in [-0.2, 0) is 11.2 Å². The molecule has 5 nitrogen and oxygen atoms in total. The maximum atomic E-state index is 12.0. The van der Waals surface area contributed by atoms with Gasteiger partial charge in [0.05, 0.1) is 0 Å². The van der Waals surface area contributed by atoms with Crippen LogP contribution in [0.25, 0.3) is 0 Å². The minimum atomic E-state index is -0.187. The van der Waals surface area contributed by atoms with E-state index in [-0.39, 0.29) is 11.8 Å². The lowest BCUT2D eigenvalue weighted by Crippen LogP contribution is -2.18. The quantitative estimate of drug-likeness (QED) is 0.740. The fraction of sp³-hybridized carbons (Fsp3) is 0.176. The summed E-state index contributed by atoms with van der Waals surface area (Å²) in [6.45, 7) is 0. The van der Waals surface area contributed by atoms with Gasteiger partial charge in [-0.3, -0.25) is 9.59 Å². The van der Waals surface area contributed by atoms with E-state index in [1.54, 1.807) is 31.3 Å². The van der Waals surface area contributed by atoms with E-state index in [9.17, 15) is 9.59 Å². The van der Waals surface area contributed by atoms with Gasteiger partial charge < -0.3 is 16.4 Å². The first-order valence-corrected chi connectivity index (χ1v) is 7.05. The number of nitrogen functional groups attached to an aromatic ring is 1. The molecule has 2 aromatic rings. The third-order valence-electron chi connectivity index (χ3n) is 3.31. The summed E-state index contributed by atoms with van der Waals surface area (Å²) in [6, 6.07) is 14.3. The maximum Gasteiger partial charge on any atom is 0.251 e. The Labute approximate surface area is 129 Å². The van der Waals surface area contributed by atoms with E-state index >= 15 is 0 Å². The summed E-state index contributed by atoms with van der Waals surface area (Å²) in [7, 11) is 1.57. The molecule has 114 valence electrons. The van der Waals surface area contributed by atoms with Crippen molar-refractivity contribution in [2.45, 2.75) is 12.8 Å². The lowest BCUT2D eigenvalue weighted by Gasteiger charge is -2.08. The highest BCUT2D eigenvalue weighted by atomic mass is 16.2. The number of rotatable bonds is 5. The molecule has 22 heavy (non-hydrogen) atoms. The lowest BCUT2D eigenvalue weighted by atomic mass is 10.1. The third kappa shape index (κ3) is 4.09. The molecule has 0 aliphatic heterocycles. The number of hydrogen-bond acceptors (Lipinski definition) is 3. The fourth-order valence-corrected chi connectivity index (χ4v) is 2.12. The van der Waals surface area contributed by atoms with Gasteiger partial charge in [-0.1, -0.05) is 24.3 Å². The molecule has 0 aliphatic carbocycles. The molecular formula is C17H19N3O2. The standard InChI is InChI=1S/C17H19N3O2/c1-19-17(22)13-6-4-7-14(11-13)20-16(21)10-9-12-5-2-3-8-15(12)18/h2-8,11H,9-10,18H2,1H3,(H,19,22)(H,20,21). The Balaban J connectivity index is 1.95. The van der Waals surface area contributed by atoms with Gasteiger partial charge in [-0.25, -0.2) is 0 Å². The predicted octanol–water partition coefficient (Wildman–Crippen LogP) is 2.20. The second kappa shape index (κ2) is 7.26. The Bertz CT molecular complexity index is 683. The second-order valence-corrected chi connectivity index (χ2v) is 4.91. The van der Waals surface area contributed by atoms with Crippen molar-refractivity contribution < 1.29 is 9.59 Å². The summed E-state index contributed by atoms with van der Waals surface area (Å²) < 4.78 is 0. The van der Waals surface area contributed by atoms with E-state index in [4.69, 9.17) is 5.73 Å². The largest absolute Gasteiger partial charge is 0.399 e. The van der Waals surface area contributed by atoms with Gasteiger partial charge in [-0.15, -0.1) is 0 Å². The Hall–Kier alpha value is -2.82. The molecule has 4 N–H and O–H groups in total. The van der Waals surface area contributed by atoms with Crippen LogP contribution >= 0.6 is 0 Å². The van der Waals surface area contributed by atoms with Crippen molar-refractivity contribution in [2.24, 2.45) is 0 Å². The van der Waals surface area contributed by atoms with Gasteiger partial charge in [0.15, 0.2) is 0 Å². The highest BCUT2D eigenvalue weighted by Crippen LogP contribution is 2.14. The number of nitrogens with one attached hydrogen (secondary N) is 2. The molecule has 0 saturated carbocycles. The SMILES string of the molecule is CNC(=O)c1cccc(NC(=O)CCc2ccccc2N)c1. The van der Waals surface area contributed by atoms with Gasteiger partial charge in [-0.05, 0) is 36.2 Å². The van der Waals surface area contributed by atoms with Crippen LogP contribution in [0.3, 0.4) is 0 Å². The van der Waals surface area contributed by atoms with Gasteiger partial charge in [0.25, 0.3) is 5.91 Å². The zero-order valence-corrected chi connectivity index (χ0v) is 12.4. The van der Waals surface area contributed by atoms with E-state index < -0.39 is 0 Å². The zero-order valence-electron chi connectivity index (χ0n) is 12.4. The Morgan fingerprint density at radius 1 is 1.09 bits per heavy atom. The molecule has 0 radical (unpaired) electrons. The molecule has 0 fully saturated rings. The van der Waals surface area contributed by atoms with Crippen LogP contribution in [-0.4, -0.2) is 18.9 Å². The molecule has 2 aromatic carbocycles. The average molecular weight is 297 g/mol. The van der Waals surface area contributed by atoms with Crippen molar-refractivity contribution in [1.29, 1.82) is 0 Å². The molecule has 2 amide bonds. The summed E-state index contributed by atoms with van der Waals surface area (Å²) in [6.07, 6.45) is 0.909. The van der Waals surface area contributed by atoms with E-state index in [1.807, 2.05) is 24.3 Å². The highest BCUT2D eigenvalue weighted by molar-refractivity contribution is 5.97. The minimum absolute atomic E-state index is 0.114. The molecular weight excluding hydrogens is 278 g/mol. The average Bonchev–Trinajstić information content (AvgIpc) is 2.53. The fourth-order valence-electron chi connectivity index (χ4n) is 2.12. The van der Waals surface area contributed by atoms with Crippen LogP contribution in [0.4, 0.5) is 11.4 Å². The molecule has 2 rings (SSSR count). The molecule has 0 atom stereocenters. The number of aryl methyl sites for hydroxylation is 1. The van der Waals surface area contributed by atoms with Gasteiger partial charge in [0, 0.05) is 30.4 Å². The summed E-state index contributed by atoms with van der Waals surface area (Å²) in [5.74, 6) is -0.300. The van der Waals surface area contributed by atoms with E-state index in [2.05, 4.69) is 10.6 Å². The topological polar surface area (TPSA) is 84.2 Å². The number of para-hydroxylation sites is 1. The minimum Gasteiger partial charge on any atom is -0.399 e. The Morgan fingerprint density at radius 2 is 1.86 bits per heavy atom. The monoisotopic (exact) mass is 297 g/mol. The van der Waals surface area contributed by atoms with Crippen LogP contribution in [0.15, 0.2) is 48.5 Å². The van der Waals surface area contributed by atoms with E-state index in [0.717, 1.165) is 5.56 Å². The smallest absolute Gasteiger partial charge is 0.251 e. The molecule has 0 spiro atoms. The molecule has 0 aromatic heterocycles. The van der Waals surface area contributed by atoms with Crippen molar-refractivity contribution >= 4 is 23.2 Å². The van der Waals surface area contributed by atoms with Crippen LogP contribution in [0, 0.1) is 0 Å². The van der Waals surface area contributed by atoms with Crippen molar-refractivity contribution in [3.63, 3.8) is 0 Å². The molecule has 0 saturated heterocycles. The van der Waals surface area contributed by atoms with E-state index in [1.165, 1.54) is 0 Å². The van der Waals surface area contributed by atoms with Crippen LogP contribution in [0.1, 0.15) is 22.3 Å².